The molecule has 1 heterocycles. The largest absolute Gasteiger partial charge is 0.506 e. The van der Waals surface area contributed by atoms with Crippen LogP contribution >= 0.6 is 31.9 Å². The van der Waals surface area contributed by atoms with Crippen molar-refractivity contribution in [2.45, 2.75) is 32.1 Å². The highest BCUT2D eigenvalue weighted by atomic mass is 79.9. The molecule has 0 aliphatic rings. The van der Waals surface area contributed by atoms with E-state index in [4.69, 9.17) is 4.42 Å². The van der Waals surface area contributed by atoms with Crippen LogP contribution in [0.2, 0.25) is 0 Å². The van der Waals surface area contributed by atoms with E-state index in [1.807, 2.05) is 6.92 Å². The zero-order valence-electron chi connectivity index (χ0n) is 16.7. The molecule has 0 unspecified atom stereocenters. The number of furan rings is 1. The van der Waals surface area contributed by atoms with E-state index in [1.165, 1.54) is 16.4 Å². The smallest absolute Gasteiger partial charge is 0.243 e. The van der Waals surface area contributed by atoms with Crippen LogP contribution in [0, 0.1) is 0 Å². The Morgan fingerprint density at radius 2 is 1.67 bits per heavy atom. The number of ketones is 1. The van der Waals surface area contributed by atoms with Crippen molar-refractivity contribution in [3.05, 3.63) is 56.2 Å². The fraction of sp³-hybridized carbons (Fsp3) is 0.286. The number of phenolic OH excluding ortho intramolecular Hbond substituents is 1. The molecule has 9 heteroatoms. The molecule has 160 valence electrons. The number of sulfonamides is 1. The average molecular weight is 559 g/mol. The molecule has 3 aromatic rings. The molecular formula is C21H21Br2NO5S. The van der Waals surface area contributed by atoms with Gasteiger partial charge in [0.05, 0.1) is 19.4 Å². The van der Waals surface area contributed by atoms with Crippen LogP contribution in [0.3, 0.4) is 0 Å². The van der Waals surface area contributed by atoms with E-state index in [2.05, 4.69) is 31.9 Å². The number of carbonyl (C=O) groups excluding carboxylic acids is 1. The molecule has 0 aliphatic carbocycles. The summed E-state index contributed by atoms with van der Waals surface area (Å²) >= 11 is 6.49. The van der Waals surface area contributed by atoms with E-state index in [0.29, 0.717) is 56.3 Å². The van der Waals surface area contributed by atoms with E-state index < -0.39 is 10.0 Å². The zero-order chi connectivity index (χ0) is 22.2. The third-order valence-corrected chi connectivity index (χ3v) is 8.16. The second-order valence-corrected chi connectivity index (χ2v) is 10.3. The van der Waals surface area contributed by atoms with Gasteiger partial charge in [0.15, 0.2) is 5.78 Å². The van der Waals surface area contributed by atoms with Crippen molar-refractivity contribution >= 4 is 58.6 Å². The van der Waals surface area contributed by atoms with Crippen LogP contribution in [0.15, 0.2) is 48.6 Å². The Balaban J connectivity index is 2.16. The Hall–Kier alpha value is -1.68. The summed E-state index contributed by atoms with van der Waals surface area (Å²) in [5.41, 5.74) is 1.10. The predicted octanol–water partition coefficient (Wildman–Crippen LogP) is 5.49. The first-order valence-electron chi connectivity index (χ1n) is 9.43. The first-order chi connectivity index (χ1) is 14.1. The van der Waals surface area contributed by atoms with E-state index >= 15 is 0 Å². The molecule has 1 N–H and O–H groups in total. The standard InChI is InChI=1S/C21H21Br2NO5S/c1-4-17-19(20(25)12-9-15(22)21(26)16(23)10-12)14-8-7-13(11-18(14)29-17)30(27,28)24(5-2)6-3/h7-11,26H,4-6H2,1-3H3. The van der Waals surface area contributed by atoms with E-state index in [0.717, 1.165) is 0 Å². The Labute approximate surface area is 192 Å². The molecule has 0 aliphatic heterocycles. The molecule has 0 saturated heterocycles. The van der Waals surface area contributed by atoms with Gasteiger partial charge in [-0.1, -0.05) is 20.8 Å². The molecule has 0 atom stereocenters. The molecule has 0 fully saturated rings. The van der Waals surface area contributed by atoms with Crippen LogP contribution in [0.25, 0.3) is 11.0 Å². The van der Waals surface area contributed by atoms with Gasteiger partial charge in [-0.2, -0.15) is 4.31 Å². The molecule has 30 heavy (non-hydrogen) atoms. The van der Waals surface area contributed by atoms with Gasteiger partial charge in [-0.3, -0.25) is 4.79 Å². The predicted molar refractivity (Wildman–Crippen MR) is 123 cm³/mol. The number of halogens is 2. The lowest BCUT2D eigenvalue weighted by Crippen LogP contribution is -2.30. The normalized spacial score (nSPS) is 12.1. The van der Waals surface area contributed by atoms with Gasteiger partial charge in [-0.05, 0) is 56.1 Å². The molecule has 0 bridgehead atoms. The monoisotopic (exact) mass is 557 g/mol. The number of aryl methyl sites for hydroxylation is 1. The topological polar surface area (TPSA) is 87.8 Å². The van der Waals surface area contributed by atoms with Gasteiger partial charge < -0.3 is 9.52 Å². The number of hydrogen-bond acceptors (Lipinski definition) is 5. The number of hydrogen-bond donors (Lipinski definition) is 1. The maximum Gasteiger partial charge on any atom is 0.243 e. The Morgan fingerprint density at radius 3 is 2.20 bits per heavy atom. The second-order valence-electron chi connectivity index (χ2n) is 6.62. The third-order valence-electron chi connectivity index (χ3n) is 4.90. The van der Waals surface area contributed by atoms with Crippen molar-refractivity contribution in [2.75, 3.05) is 13.1 Å². The SMILES string of the molecule is CCc1oc2cc(S(=O)(=O)N(CC)CC)ccc2c1C(=O)c1cc(Br)c(O)c(Br)c1. The Bertz CT molecular complexity index is 1210. The highest BCUT2D eigenvalue weighted by Gasteiger charge is 2.26. The lowest BCUT2D eigenvalue weighted by Gasteiger charge is -2.18. The van der Waals surface area contributed by atoms with Gasteiger partial charge in [0.2, 0.25) is 10.0 Å². The van der Waals surface area contributed by atoms with Crippen molar-refractivity contribution in [2.24, 2.45) is 0 Å². The van der Waals surface area contributed by atoms with Crippen molar-refractivity contribution < 1.29 is 22.7 Å². The van der Waals surface area contributed by atoms with Gasteiger partial charge >= 0.3 is 0 Å². The molecule has 1 aromatic heterocycles. The molecule has 0 spiro atoms. The van der Waals surface area contributed by atoms with Crippen LogP contribution in [0.4, 0.5) is 0 Å². The van der Waals surface area contributed by atoms with Crippen molar-refractivity contribution in [3.8, 4) is 5.75 Å². The quantitative estimate of drug-likeness (QED) is 0.387. The summed E-state index contributed by atoms with van der Waals surface area (Å²) in [6.07, 6.45) is 0.467. The van der Waals surface area contributed by atoms with Gasteiger partial charge in [-0.25, -0.2) is 8.42 Å². The van der Waals surface area contributed by atoms with Gasteiger partial charge in [0, 0.05) is 36.5 Å². The summed E-state index contributed by atoms with van der Waals surface area (Å²) in [6.45, 7) is 6.16. The van der Waals surface area contributed by atoms with Crippen LogP contribution in [-0.4, -0.2) is 36.7 Å². The van der Waals surface area contributed by atoms with Crippen molar-refractivity contribution in [1.82, 2.24) is 4.31 Å². The summed E-state index contributed by atoms with van der Waals surface area (Å²) in [6, 6.07) is 7.68. The first-order valence-corrected chi connectivity index (χ1v) is 12.5. The minimum Gasteiger partial charge on any atom is -0.506 e. The number of rotatable bonds is 7. The Morgan fingerprint density at radius 1 is 1.07 bits per heavy atom. The van der Waals surface area contributed by atoms with E-state index in [-0.39, 0.29) is 16.4 Å². The Kier molecular flexibility index (Phi) is 6.76. The van der Waals surface area contributed by atoms with Crippen LogP contribution in [0.1, 0.15) is 42.5 Å². The summed E-state index contributed by atoms with van der Waals surface area (Å²) in [5, 5.41) is 10.5. The highest BCUT2D eigenvalue weighted by molar-refractivity contribution is 9.11. The number of aromatic hydroxyl groups is 1. The molecule has 6 nitrogen and oxygen atoms in total. The maximum atomic E-state index is 13.3. The zero-order valence-corrected chi connectivity index (χ0v) is 20.7. The minimum atomic E-state index is -3.64. The van der Waals surface area contributed by atoms with Gasteiger partial charge in [-0.15, -0.1) is 0 Å². The first kappa shape index (κ1) is 23.0. The van der Waals surface area contributed by atoms with Crippen LogP contribution in [-0.2, 0) is 16.4 Å². The number of fused-ring (bicyclic) bond motifs is 1. The molecule has 0 radical (unpaired) electrons. The molecular weight excluding hydrogens is 538 g/mol. The fourth-order valence-electron chi connectivity index (χ4n) is 3.34. The highest BCUT2D eigenvalue weighted by Crippen LogP contribution is 2.36. The van der Waals surface area contributed by atoms with Crippen LogP contribution in [0.5, 0.6) is 5.75 Å². The van der Waals surface area contributed by atoms with Crippen molar-refractivity contribution in [1.29, 1.82) is 0 Å². The fourth-order valence-corrected chi connectivity index (χ4v) is 6.00. The maximum absolute atomic E-state index is 13.3. The van der Waals surface area contributed by atoms with Gasteiger partial charge in [0.1, 0.15) is 17.1 Å². The van der Waals surface area contributed by atoms with Crippen molar-refractivity contribution in [3.63, 3.8) is 0 Å². The lowest BCUT2D eigenvalue weighted by molar-refractivity contribution is 0.103. The van der Waals surface area contributed by atoms with Gasteiger partial charge in [0.25, 0.3) is 0 Å². The van der Waals surface area contributed by atoms with E-state index in [1.54, 1.807) is 32.0 Å². The summed E-state index contributed by atoms with van der Waals surface area (Å²) in [7, 11) is -3.64. The molecule has 0 saturated carbocycles. The summed E-state index contributed by atoms with van der Waals surface area (Å²) in [5.74, 6) is 0.213. The third kappa shape index (κ3) is 3.95. The lowest BCUT2D eigenvalue weighted by atomic mass is 9.99. The van der Waals surface area contributed by atoms with Crippen LogP contribution < -0.4 is 0 Å². The number of carbonyl (C=O) groups is 1. The molecule has 0 amide bonds. The summed E-state index contributed by atoms with van der Waals surface area (Å²) < 4.78 is 33.7. The number of benzene rings is 2. The average Bonchev–Trinajstić information content (AvgIpc) is 3.09. The molecule has 2 aromatic carbocycles. The summed E-state index contributed by atoms with van der Waals surface area (Å²) in [4.78, 5) is 13.4. The molecule has 3 rings (SSSR count). The number of nitrogens with zero attached hydrogens (tertiary/aromatic N) is 1. The van der Waals surface area contributed by atoms with E-state index in [9.17, 15) is 18.3 Å². The second kappa shape index (κ2) is 8.82. The number of phenols is 1. The minimum absolute atomic E-state index is 0.00516.